The van der Waals surface area contributed by atoms with Crippen molar-refractivity contribution in [2.24, 2.45) is 5.16 Å². The van der Waals surface area contributed by atoms with Gasteiger partial charge in [-0.3, -0.25) is 9.36 Å². The van der Waals surface area contributed by atoms with Crippen LogP contribution in [0, 0.1) is 0 Å². The molecule has 0 aliphatic heterocycles. The first-order valence-electron chi connectivity index (χ1n) is 4.81. The zero-order valence-electron chi connectivity index (χ0n) is 8.72. The minimum atomic E-state index is -0.596. The highest BCUT2D eigenvalue weighted by Gasteiger charge is 2.04. The zero-order chi connectivity index (χ0) is 12.3. The Kier molecular flexibility index (Phi) is 2.87. The summed E-state index contributed by atoms with van der Waals surface area (Å²) in [6.45, 7) is 0. The molecule has 0 amide bonds. The van der Waals surface area contributed by atoms with Crippen molar-refractivity contribution < 1.29 is 5.21 Å². The predicted octanol–water partition coefficient (Wildman–Crippen LogP) is 0.265. The van der Waals surface area contributed by atoms with Crippen LogP contribution >= 0.6 is 0 Å². The Morgan fingerprint density at radius 1 is 1.12 bits per heavy atom. The fraction of sp³-hybridized carbons (Fsp3) is 0. The van der Waals surface area contributed by atoms with Crippen molar-refractivity contribution in [1.82, 2.24) is 9.13 Å². The highest BCUT2D eigenvalue weighted by Crippen LogP contribution is 2.01. The quantitative estimate of drug-likeness (QED) is 0.348. The van der Waals surface area contributed by atoms with Gasteiger partial charge in [0.25, 0.3) is 5.56 Å². The summed E-state index contributed by atoms with van der Waals surface area (Å²) in [5, 5.41) is 11.1. The number of benzene rings is 1. The van der Waals surface area contributed by atoms with Gasteiger partial charge in [0.2, 0.25) is 0 Å². The lowest BCUT2D eigenvalue weighted by molar-refractivity contribution is 0.319. The molecule has 0 atom stereocenters. The Morgan fingerprint density at radius 3 is 2.47 bits per heavy atom. The van der Waals surface area contributed by atoms with Crippen molar-refractivity contribution >= 4 is 6.34 Å². The molecule has 1 aromatic carbocycles. The minimum Gasteiger partial charge on any atom is -0.410 e. The van der Waals surface area contributed by atoms with Crippen LogP contribution in [0.25, 0.3) is 5.69 Å². The molecule has 86 valence electrons. The number of aromatic nitrogens is 2. The summed E-state index contributed by atoms with van der Waals surface area (Å²) in [5.74, 6) is 0. The lowest BCUT2D eigenvalue weighted by Crippen LogP contribution is -2.38. The molecule has 6 heteroatoms. The van der Waals surface area contributed by atoms with E-state index in [1.165, 1.54) is 16.8 Å². The van der Waals surface area contributed by atoms with Crippen LogP contribution in [0.15, 0.2) is 57.3 Å². The number of hydrogen-bond donors (Lipinski definition) is 1. The van der Waals surface area contributed by atoms with Crippen LogP contribution in [0.4, 0.5) is 0 Å². The first-order valence-corrected chi connectivity index (χ1v) is 4.81. The SMILES string of the molecule is O=c1ccn(-c2ccccc2)c(=O)n1/C=N/O. The van der Waals surface area contributed by atoms with Crippen molar-refractivity contribution in [1.29, 1.82) is 0 Å². The molecule has 0 aliphatic rings. The van der Waals surface area contributed by atoms with Crippen LogP contribution in [0.5, 0.6) is 0 Å². The number of nitrogens with zero attached hydrogens (tertiary/aromatic N) is 3. The summed E-state index contributed by atoms with van der Waals surface area (Å²) in [4.78, 5) is 23.3. The zero-order valence-corrected chi connectivity index (χ0v) is 8.72. The molecule has 0 unspecified atom stereocenters. The van der Waals surface area contributed by atoms with E-state index >= 15 is 0 Å². The third-order valence-corrected chi connectivity index (χ3v) is 2.22. The lowest BCUT2D eigenvalue weighted by Gasteiger charge is -2.05. The van der Waals surface area contributed by atoms with E-state index in [-0.39, 0.29) is 0 Å². The van der Waals surface area contributed by atoms with Crippen molar-refractivity contribution in [2.45, 2.75) is 0 Å². The molecule has 1 heterocycles. The maximum Gasteiger partial charge on any atom is 0.341 e. The number of rotatable bonds is 2. The van der Waals surface area contributed by atoms with Gasteiger partial charge >= 0.3 is 5.69 Å². The van der Waals surface area contributed by atoms with Gasteiger partial charge < -0.3 is 5.21 Å². The Morgan fingerprint density at radius 2 is 1.82 bits per heavy atom. The molecule has 17 heavy (non-hydrogen) atoms. The van der Waals surface area contributed by atoms with Crippen LogP contribution in [0.2, 0.25) is 0 Å². The van der Waals surface area contributed by atoms with Crippen molar-refractivity contribution in [3.63, 3.8) is 0 Å². The second-order valence-corrected chi connectivity index (χ2v) is 3.24. The molecule has 0 bridgehead atoms. The molecule has 0 radical (unpaired) electrons. The fourth-order valence-electron chi connectivity index (χ4n) is 1.44. The van der Waals surface area contributed by atoms with E-state index < -0.39 is 11.2 Å². The van der Waals surface area contributed by atoms with E-state index in [0.717, 1.165) is 6.34 Å². The van der Waals surface area contributed by atoms with Crippen LogP contribution < -0.4 is 11.2 Å². The van der Waals surface area contributed by atoms with Gasteiger partial charge in [0.05, 0.1) is 5.69 Å². The van der Waals surface area contributed by atoms with Gasteiger partial charge in [0.1, 0.15) is 6.34 Å². The van der Waals surface area contributed by atoms with Crippen LogP contribution in [-0.2, 0) is 0 Å². The van der Waals surface area contributed by atoms with Gasteiger partial charge in [0.15, 0.2) is 0 Å². The second-order valence-electron chi connectivity index (χ2n) is 3.24. The second kappa shape index (κ2) is 4.48. The maximum atomic E-state index is 11.9. The molecular formula is C11H9N3O3. The summed E-state index contributed by atoms with van der Waals surface area (Å²) in [6.07, 6.45) is 2.14. The molecule has 1 aromatic heterocycles. The van der Waals surface area contributed by atoms with E-state index in [1.807, 2.05) is 6.07 Å². The molecule has 0 saturated carbocycles. The Labute approximate surface area is 95.7 Å². The first-order chi connectivity index (χ1) is 8.24. The average Bonchev–Trinajstić information content (AvgIpc) is 2.36. The Hall–Kier alpha value is -2.63. The Balaban J connectivity index is 2.70. The molecule has 1 N–H and O–H groups in total. The van der Waals surface area contributed by atoms with Gasteiger partial charge in [-0.1, -0.05) is 23.4 Å². The molecule has 2 aromatic rings. The third kappa shape index (κ3) is 2.00. The highest BCUT2D eigenvalue weighted by atomic mass is 16.4. The molecule has 6 nitrogen and oxygen atoms in total. The molecule has 0 spiro atoms. The van der Waals surface area contributed by atoms with Crippen LogP contribution in [0.1, 0.15) is 0 Å². The standard InChI is InChI=1S/C11H9N3O3/c15-10-6-7-13(9-4-2-1-3-5-9)11(16)14(10)8-12-17/h1-8,17H/b12-8+. The monoisotopic (exact) mass is 231 g/mol. The van der Waals surface area contributed by atoms with Gasteiger partial charge in [-0.25, -0.2) is 9.36 Å². The summed E-state index contributed by atoms with van der Waals surface area (Å²) in [5.41, 5.74) is -0.529. The predicted molar refractivity (Wildman–Crippen MR) is 62.0 cm³/mol. The summed E-state index contributed by atoms with van der Waals surface area (Å²) in [6, 6.07) is 10.0. The van der Waals surface area contributed by atoms with E-state index in [0.29, 0.717) is 10.3 Å². The number of hydrogen-bond acceptors (Lipinski definition) is 4. The van der Waals surface area contributed by atoms with Crippen molar-refractivity contribution in [2.75, 3.05) is 0 Å². The van der Waals surface area contributed by atoms with Gasteiger partial charge in [-0.05, 0) is 12.1 Å². The topological polar surface area (TPSA) is 76.6 Å². The summed E-state index contributed by atoms with van der Waals surface area (Å²) < 4.78 is 2.00. The summed E-state index contributed by atoms with van der Waals surface area (Å²) >= 11 is 0. The largest absolute Gasteiger partial charge is 0.410 e. The van der Waals surface area contributed by atoms with Crippen molar-refractivity contribution in [3.8, 4) is 5.69 Å². The molecule has 2 rings (SSSR count). The number of oxime groups is 1. The van der Waals surface area contributed by atoms with Gasteiger partial charge in [0, 0.05) is 12.3 Å². The first kappa shape index (κ1) is 10.9. The van der Waals surface area contributed by atoms with Crippen LogP contribution in [0.3, 0.4) is 0 Å². The molecule has 0 aliphatic carbocycles. The van der Waals surface area contributed by atoms with E-state index in [4.69, 9.17) is 5.21 Å². The van der Waals surface area contributed by atoms with E-state index in [9.17, 15) is 9.59 Å². The van der Waals surface area contributed by atoms with Crippen molar-refractivity contribution in [3.05, 3.63) is 63.4 Å². The fourth-order valence-corrected chi connectivity index (χ4v) is 1.44. The molecular weight excluding hydrogens is 222 g/mol. The lowest BCUT2D eigenvalue weighted by atomic mass is 10.3. The Bertz CT molecular complexity index is 656. The van der Waals surface area contributed by atoms with Gasteiger partial charge in [-0.15, -0.1) is 0 Å². The average molecular weight is 231 g/mol. The highest BCUT2D eigenvalue weighted by molar-refractivity contribution is 5.56. The molecule has 0 fully saturated rings. The van der Waals surface area contributed by atoms with E-state index in [2.05, 4.69) is 5.16 Å². The van der Waals surface area contributed by atoms with E-state index in [1.54, 1.807) is 24.3 Å². The third-order valence-electron chi connectivity index (χ3n) is 2.22. The van der Waals surface area contributed by atoms with Gasteiger partial charge in [-0.2, -0.15) is 0 Å². The van der Waals surface area contributed by atoms with Crippen LogP contribution in [-0.4, -0.2) is 20.7 Å². The molecule has 0 saturated heterocycles. The smallest absolute Gasteiger partial charge is 0.341 e. The summed E-state index contributed by atoms with van der Waals surface area (Å²) in [7, 11) is 0. The maximum absolute atomic E-state index is 11.9. The minimum absolute atomic E-state index is 0.556. The number of para-hydroxylation sites is 1. The normalized spacial score (nSPS) is 10.8.